The smallest absolute Gasteiger partial charge is 0.250 e. The van der Waals surface area contributed by atoms with Crippen molar-refractivity contribution in [1.29, 1.82) is 0 Å². The number of aromatic nitrogens is 1. The maximum absolute atomic E-state index is 12.3. The minimum absolute atomic E-state index is 0.213. The van der Waals surface area contributed by atoms with Gasteiger partial charge in [-0.15, -0.1) is 11.3 Å². The molecule has 0 fully saturated rings. The zero-order valence-corrected chi connectivity index (χ0v) is 18.9. The van der Waals surface area contributed by atoms with E-state index in [0.29, 0.717) is 11.7 Å². The minimum atomic E-state index is -0.213. The number of anilines is 1. The van der Waals surface area contributed by atoms with Crippen molar-refractivity contribution in [3.8, 4) is 17.0 Å². The Labute approximate surface area is 192 Å². The first-order valence-electron chi connectivity index (χ1n) is 10.4. The Kier molecular flexibility index (Phi) is 6.78. The number of ether oxygens (including phenoxy) is 1. The number of aryl methyl sites for hydroxylation is 2. The summed E-state index contributed by atoms with van der Waals surface area (Å²) in [5.74, 6) is 0.576. The molecule has 4 aromatic rings. The molecule has 0 spiro atoms. The molecule has 1 N–H and O–H groups in total. The van der Waals surface area contributed by atoms with Crippen LogP contribution in [0.15, 0.2) is 84.3 Å². The molecule has 0 bridgehead atoms. The molecule has 3 aromatic carbocycles. The summed E-state index contributed by atoms with van der Waals surface area (Å²) < 4.78 is 5.79. The molecular formula is C27H24N2O2S. The van der Waals surface area contributed by atoms with Crippen molar-refractivity contribution >= 4 is 28.5 Å². The lowest BCUT2D eigenvalue weighted by Gasteiger charge is -2.06. The first-order valence-corrected chi connectivity index (χ1v) is 11.2. The van der Waals surface area contributed by atoms with Gasteiger partial charge >= 0.3 is 0 Å². The van der Waals surface area contributed by atoms with Gasteiger partial charge in [-0.1, -0.05) is 54.6 Å². The van der Waals surface area contributed by atoms with E-state index in [1.54, 1.807) is 6.08 Å². The van der Waals surface area contributed by atoms with Gasteiger partial charge in [-0.2, -0.15) is 0 Å². The molecule has 1 amide bonds. The first kappa shape index (κ1) is 21.5. The Morgan fingerprint density at radius 3 is 2.53 bits per heavy atom. The summed E-state index contributed by atoms with van der Waals surface area (Å²) in [5, 5.41) is 5.37. The van der Waals surface area contributed by atoms with Crippen LogP contribution in [0.1, 0.15) is 22.3 Å². The standard InChI is InChI=1S/C27H24N2O2S/c1-19-8-12-23(16-20(19)2)25-18-32-27(28-25)29-26(30)15-11-21-9-13-24(14-10-21)31-17-22-6-4-3-5-7-22/h3-16,18H,17H2,1-2H3,(H,28,29,30). The van der Waals surface area contributed by atoms with E-state index >= 15 is 0 Å². The topological polar surface area (TPSA) is 51.2 Å². The molecule has 4 nitrogen and oxygen atoms in total. The highest BCUT2D eigenvalue weighted by Crippen LogP contribution is 2.26. The van der Waals surface area contributed by atoms with Gasteiger partial charge < -0.3 is 4.74 Å². The molecular weight excluding hydrogens is 416 g/mol. The number of carbonyl (C=O) groups excluding carboxylic acids is 1. The highest BCUT2D eigenvalue weighted by atomic mass is 32.1. The van der Waals surface area contributed by atoms with E-state index in [1.165, 1.54) is 28.5 Å². The van der Waals surface area contributed by atoms with E-state index < -0.39 is 0 Å². The van der Waals surface area contributed by atoms with Crippen molar-refractivity contribution in [3.05, 3.63) is 107 Å². The van der Waals surface area contributed by atoms with Crippen molar-refractivity contribution in [2.75, 3.05) is 5.32 Å². The van der Waals surface area contributed by atoms with Gasteiger partial charge in [0.25, 0.3) is 0 Å². The third-order valence-electron chi connectivity index (χ3n) is 5.09. The normalized spacial score (nSPS) is 10.9. The van der Waals surface area contributed by atoms with Crippen molar-refractivity contribution in [2.24, 2.45) is 0 Å². The van der Waals surface area contributed by atoms with Crippen molar-refractivity contribution in [2.45, 2.75) is 20.5 Å². The first-order chi connectivity index (χ1) is 15.6. The zero-order valence-electron chi connectivity index (χ0n) is 18.0. The highest BCUT2D eigenvalue weighted by Gasteiger charge is 2.07. The summed E-state index contributed by atoms with van der Waals surface area (Å²) in [5.41, 5.74) is 6.43. The third-order valence-corrected chi connectivity index (χ3v) is 5.85. The van der Waals surface area contributed by atoms with Crippen LogP contribution in [0.25, 0.3) is 17.3 Å². The number of rotatable bonds is 7. The second kappa shape index (κ2) is 10.1. The number of hydrogen-bond acceptors (Lipinski definition) is 4. The third kappa shape index (κ3) is 5.71. The van der Waals surface area contributed by atoms with Gasteiger partial charge in [0.2, 0.25) is 5.91 Å². The molecule has 4 rings (SSSR count). The predicted octanol–water partition coefficient (Wildman–Crippen LogP) is 6.66. The van der Waals surface area contributed by atoms with Crippen LogP contribution in [0.3, 0.4) is 0 Å². The van der Waals surface area contributed by atoms with Gasteiger partial charge in [-0.3, -0.25) is 10.1 Å². The van der Waals surface area contributed by atoms with E-state index in [4.69, 9.17) is 4.74 Å². The van der Waals surface area contributed by atoms with Crippen LogP contribution in [-0.2, 0) is 11.4 Å². The molecule has 0 aliphatic rings. The largest absolute Gasteiger partial charge is 0.489 e. The monoisotopic (exact) mass is 440 g/mol. The van der Waals surface area contributed by atoms with E-state index in [1.807, 2.05) is 60.0 Å². The molecule has 0 aliphatic heterocycles. The summed E-state index contributed by atoms with van der Waals surface area (Å²) in [6, 6.07) is 23.9. The Bertz CT molecular complexity index is 1230. The van der Waals surface area contributed by atoms with E-state index in [2.05, 4.69) is 42.3 Å². The van der Waals surface area contributed by atoms with E-state index in [9.17, 15) is 4.79 Å². The summed E-state index contributed by atoms with van der Waals surface area (Å²) in [4.78, 5) is 16.8. The van der Waals surface area contributed by atoms with Gasteiger partial charge in [0.15, 0.2) is 5.13 Å². The van der Waals surface area contributed by atoms with Crippen LogP contribution in [0.5, 0.6) is 5.75 Å². The Balaban J connectivity index is 1.31. The fourth-order valence-electron chi connectivity index (χ4n) is 3.10. The number of hydrogen-bond donors (Lipinski definition) is 1. The summed E-state index contributed by atoms with van der Waals surface area (Å²) in [6.07, 6.45) is 3.28. The number of benzene rings is 3. The van der Waals surface area contributed by atoms with Crippen molar-refractivity contribution in [3.63, 3.8) is 0 Å². The molecule has 0 saturated carbocycles. The average molecular weight is 441 g/mol. The van der Waals surface area contributed by atoms with Crippen LogP contribution in [0, 0.1) is 13.8 Å². The lowest BCUT2D eigenvalue weighted by molar-refractivity contribution is -0.111. The lowest BCUT2D eigenvalue weighted by Crippen LogP contribution is -2.07. The van der Waals surface area contributed by atoms with Crippen LogP contribution < -0.4 is 10.1 Å². The van der Waals surface area contributed by atoms with Crippen LogP contribution in [0.4, 0.5) is 5.13 Å². The number of amides is 1. The van der Waals surface area contributed by atoms with Crippen LogP contribution in [-0.4, -0.2) is 10.9 Å². The molecule has 5 heteroatoms. The Hall–Kier alpha value is -3.70. The van der Waals surface area contributed by atoms with Gasteiger partial charge in [0, 0.05) is 17.0 Å². The number of nitrogens with zero attached hydrogens (tertiary/aromatic N) is 1. The summed E-state index contributed by atoms with van der Waals surface area (Å²) >= 11 is 1.42. The molecule has 1 aromatic heterocycles. The highest BCUT2D eigenvalue weighted by molar-refractivity contribution is 7.14. The van der Waals surface area contributed by atoms with Gasteiger partial charge in [-0.05, 0) is 60.4 Å². The van der Waals surface area contributed by atoms with Gasteiger partial charge in [-0.25, -0.2) is 4.98 Å². The SMILES string of the molecule is Cc1ccc(-c2csc(NC(=O)C=Cc3ccc(OCc4ccccc4)cc3)n2)cc1C. The molecule has 0 atom stereocenters. The number of thiazole rings is 1. The molecule has 0 aliphatic carbocycles. The van der Waals surface area contributed by atoms with Crippen LogP contribution in [0.2, 0.25) is 0 Å². The zero-order chi connectivity index (χ0) is 22.3. The average Bonchev–Trinajstić information content (AvgIpc) is 3.28. The second-order valence-electron chi connectivity index (χ2n) is 7.50. The van der Waals surface area contributed by atoms with Gasteiger partial charge in [0.05, 0.1) is 5.69 Å². The number of carbonyl (C=O) groups is 1. The fourth-order valence-corrected chi connectivity index (χ4v) is 3.82. The Morgan fingerprint density at radius 2 is 1.78 bits per heavy atom. The Morgan fingerprint density at radius 1 is 1.00 bits per heavy atom. The lowest BCUT2D eigenvalue weighted by atomic mass is 10.1. The predicted molar refractivity (Wildman–Crippen MR) is 132 cm³/mol. The number of nitrogens with one attached hydrogen (secondary N) is 1. The molecule has 0 unspecified atom stereocenters. The molecule has 1 heterocycles. The van der Waals surface area contributed by atoms with Gasteiger partial charge in [0.1, 0.15) is 12.4 Å². The van der Waals surface area contributed by atoms with E-state index in [-0.39, 0.29) is 5.91 Å². The fraction of sp³-hybridized carbons (Fsp3) is 0.111. The minimum Gasteiger partial charge on any atom is -0.489 e. The maximum atomic E-state index is 12.3. The quantitative estimate of drug-likeness (QED) is 0.327. The van der Waals surface area contributed by atoms with E-state index in [0.717, 1.165) is 28.1 Å². The van der Waals surface area contributed by atoms with Crippen molar-refractivity contribution in [1.82, 2.24) is 4.98 Å². The molecule has 32 heavy (non-hydrogen) atoms. The maximum Gasteiger partial charge on any atom is 0.250 e. The second-order valence-corrected chi connectivity index (χ2v) is 8.36. The summed E-state index contributed by atoms with van der Waals surface area (Å²) in [7, 11) is 0. The molecule has 0 radical (unpaired) electrons. The molecule has 0 saturated heterocycles. The van der Waals surface area contributed by atoms with Crippen LogP contribution >= 0.6 is 11.3 Å². The summed E-state index contributed by atoms with van der Waals surface area (Å²) in [6.45, 7) is 4.69. The molecule has 160 valence electrons. The van der Waals surface area contributed by atoms with Crippen molar-refractivity contribution < 1.29 is 9.53 Å².